The van der Waals surface area contributed by atoms with Crippen LogP contribution < -0.4 is 10.2 Å². The van der Waals surface area contributed by atoms with Crippen molar-refractivity contribution < 1.29 is 67.7 Å². The fraction of sp³-hybridized carbons (Fsp3) is 0.312. The first-order valence-corrected chi connectivity index (χ1v) is 20.1. The van der Waals surface area contributed by atoms with E-state index in [1.807, 2.05) is 0 Å². The Balaban J connectivity index is 2.10. The number of nitro groups is 2. The largest absolute Gasteiger partial charge is 0.480 e. The fourth-order valence-electron chi connectivity index (χ4n) is 4.99. The van der Waals surface area contributed by atoms with Gasteiger partial charge in [0.1, 0.15) is 30.7 Å². The molecular weight excluding hydrogens is 917 g/mol. The van der Waals surface area contributed by atoms with E-state index in [0.717, 1.165) is 18.2 Å². The summed E-state index contributed by atoms with van der Waals surface area (Å²) in [4.78, 5) is 82.7. The van der Waals surface area contributed by atoms with E-state index >= 15 is 0 Å². The Labute approximate surface area is 401 Å². The first-order chi connectivity index (χ1) is 33.7. The van der Waals surface area contributed by atoms with Gasteiger partial charge in [-0.3, -0.25) is 44.2 Å². The summed E-state index contributed by atoms with van der Waals surface area (Å²) >= 11 is 0. The van der Waals surface area contributed by atoms with Crippen LogP contribution in [-0.4, -0.2) is 116 Å². The molecule has 2 unspecified atom stereocenters. The van der Waals surface area contributed by atoms with Gasteiger partial charge in [-0.05, 0) is 95.3 Å². The molecule has 22 heteroatoms. The number of esters is 2. The van der Waals surface area contributed by atoms with Gasteiger partial charge >= 0.3 is 29.6 Å². The van der Waals surface area contributed by atoms with E-state index in [9.17, 15) is 54.4 Å². The number of rotatable bonds is 27. The molecule has 3 N–H and O–H groups in total. The number of azo groups is 1. The normalized spacial score (nSPS) is 10.4. The van der Waals surface area contributed by atoms with E-state index in [1.165, 1.54) is 13.0 Å². The summed E-state index contributed by atoms with van der Waals surface area (Å²) in [6.07, 6.45) is 8.87. The summed E-state index contributed by atoms with van der Waals surface area (Å²) < 4.78 is 27.0. The third-order valence-electron chi connectivity index (χ3n) is 8.13. The maximum atomic E-state index is 12.3. The topological polar surface area (TPSA) is 298 Å². The van der Waals surface area contributed by atoms with Crippen LogP contribution >= 0.6 is 0 Å². The van der Waals surface area contributed by atoms with E-state index in [0.29, 0.717) is 5.69 Å². The second-order valence-electron chi connectivity index (χ2n) is 13.1. The maximum Gasteiger partial charge on any atom is 0.319 e. The minimum atomic E-state index is -1.39. The van der Waals surface area contributed by atoms with Crippen molar-refractivity contribution >= 4 is 63.9 Å². The highest BCUT2D eigenvalue weighted by atomic mass is 16.6. The summed E-state index contributed by atoms with van der Waals surface area (Å²) in [6.45, 7) is 1.50. The predicted octanol–water partition coefficient (Wildman–Crippen LogP) is 3.29. The molecule has 2 rings (SSSR count). The number of carbonyl (C=O) groups excluding carboxylic acids is 3. The minimum Gasteiger partial charge on any atom is -0.480 e. The lowest BCUT2D eigenvalue weighted by Crippen LogP contribution is -2.31. The number of carbonyl (C=O) groups is 5. The highest BCUT2D eigenvalue weighted by Crippen LogP contribution is 2.35. The molecule has 2 atom stereocenters. The molecule has 0 aliphatic heterocycles. The summed E-state index contributed by atoms with van der Waals surface area (Å²) in [5.74, 6) is 24.1. The highest BCUT2D eigenvalue weighted by Gasteiger charge is 2.22. The number of hydrogen-bond donors (Lipinski definition) is 3. The molecule has 0 aromatic heterocycles. The van der Waals surface area contributed by atoms with Crippen molar-refractivity contribution in [3.63, 3.8) is 0 Å². The van der Waals surface area contributed by atoms with Crippen molar-refractivity contribution in [3.8, 4) is 95.7 Å². The van der Waals surface area contributed by atoms with Gasteiger partial charge in [0.25, 0.3) is 5.69 Å². The Morgan fingerprint density at radius 3 is 1.57 bits per heavy atom. The van der Waals surface area contributed by atoms with Crippen molar-refractivity contribution in [2.75, 3.05) is 76.2 Å². The van der Waals surface area contributed by atoms with Crippen LogP contribution in [-0.2, 0) is 47.7 Å². The SMILES string of the molecule is C#CC#CC#CC#CC(CC(=O)OCCOCCOCCN(CCOCCOC(=O)CC(C#CC#CC#CC#C)C(=O)O)c1ccc(/N=N/c2ccc([N+](=O)[O-])cc2[N+](=O)[O-])c(NC(C)=O)c1)C(=O)O. The zero-order valence-electron chi connectivity index (χ0n) is 37.1. The Bertz CT molecular complexity index is 2780. The summed E-state index contributed by atoms with van der Waals surface area (Å²) in [5.41, 5.74) is -0.762. The van der Waals surface area contributed by atoms with Crippen LogP contribution in [0, 0.1) is 128 Å². The minimum absolute atomic E-state index is 0.0303. The molecule has 0 heterocycles. The van der Waals surface area contributed by atoms with E-state index in [-0.39, 0.29) is 83.0 Å². The molecule has 0 spiro atoms. The fourth-order valence-corrected chi connectivity index (χ4v) is 4.99. The van der Waals surface area contributed by atoms with Crippen LogP contribution in [0.4, 0.5) is 34.1 Å². The number of benzene rings is 2. The first kappa shape index (κ1) is 56.5. The zero-order chi connectivity index (χ0) is 51.5. The number of nitrogens with zero attached hydrogens (tertiary/aromatic N) is 5. The smallest absolute Gasteiger partial charge is 0.319 e. The van der Waals surface area contributed by atoms with Crippen LogP contribution in [0.1, 0.15) is 19.8 Å². The molecule has 358 valence electrons. The van der Waals surface area contributed by atoms with Gasteiger partial charge in [-0.25, -0.2) is 0 Å². The van der Waals surface area contributed by atoms with Crippen LogP contribution in [0.15, 0.2) is 46.6 Å². The molecule has 0 saturated heterocycles. The number of carboxylic acid groups (broad SMARTS) is 2. The van der Waals surface area contributed by atoms with Gasteiger partial charge in [0.15, 0.2) is 5.69 Å². The average molecular weight is 957 g/mol. The second kappa shape index (κ2) is 32.9. The van der Waals surface area contributed by atoms with Gasteiger partial charge in [-0.2, -0.15) is 0 Å². The molecule has 0 saturated carbocycles. The third-order valence-corrected chi connectivity index (χ3v) is 8.13. The second-order valence-corrected chi connectivity index (χ2v) is 13.1. The molecule has 70 heavy (non-hydrogen) atoms. The summed E-state index contributed by atoms with van der Waals surface area (Å²) in [5, 5.41) is 52.2. The molecule has 0 fully saturated rings. The first-order valence-electron chi connectivity index (χ1n) is 20.1. The van der Waals surface area contributed by atoms with Crippen LogP contribution in [0.3, 0.4) is 0 Å². The molecular formula is C48H40N6O16. The van der Waals surface area contributed by atoms with Gasteiger partial charge in [0.05, 0.1) is 74.1 Å². The van der Waals surface area contributed by atoms with Crippen molar-refractivity contribution in [1.82, 2.24) is 0 Å². The predicted molar refractivity (Wildman–Crippen MR) is 247 cm³/mol. The number of amides is 1. The van der Waals surface area contributed by atoms with Crippen molar-refractivity contribution in [3.05, 3.63) is 56.6 Å². The molecule has 2 aromatic carbocycles. The molecule has 0 bridgehead atoms. The van der Waals surface area contributed by atoms with E-state index < -0.39 is 75.7 Å². The monoisotopic (exact) mass is 956 g/mol. The van der Waals surface area contributed by atoms with Gasteiger partial charge in [0.2, 0.25) is 5.91 Å². The van der Waals surface area contributed by atoms with Gasteiger partial charge < -0.3 is 44.1 Å². The Morgan fingerprint density at radius 1 is 0.643 bits per heavy atom. The van der Waals surface area contributed by atoms with Crippen LogP contribution in [0.2, 0.25) is 0 Å². The van der Waals surface area contributed by atoms with E-state index in [1.54, 1.807) is 17.0 Å². The summed E-state index contributed by atoms with van der Waals surface area (Å²) in [6, 6.07) is 7.44. The van der Waals surface area contributed by atoms with Gasteiger partial charge in [0, 0.05) is 31.8 Å². The number of aliphatic carboxylic acids is 2. The average Bonchev–Trinajstić information content (AvgIpc) is 3.31. The molecule has 0 aliphatic rings. The lowest BCUT2D eigenvalue weighted by Gasteiger charge is -2.25. The molecule has 0 radical (unpaired) electrons. The lowest BCUT2D eigenvalue weighted by atomic mass is 10.1. The third kappa shape index (κ3) is 23.5. The number of ether oxygens (including phenoxy) is 5. The highest BCUT2D eigenvalue weighted by molar-refractivity contribution is 5.93. The number of terminal acetylenes is 2. The van der Waals surface area contributed by atoms with Crippen LogP contribution in [0.5, 0.6) is 0 Å². The van der Waals surface area contributed by atoms with Gasteiger partial charge in [-0.15, -0.1) is 23.1 Å². The maximum absolute atomic E-state index is 12.3. The van der Waals surface area contributed by atoms with Gasteiger partial charge in [-0.1, -0.05) is 11.8 Å². The van der Waals surface area contributed by atoms with Crippen LogP contribution in [0.25, 0.3) is 0 Å². The lowest BCUT2D eigenvalue weighted by molar-refractivity contribution is -0.393. The number of carboxylic acids is 2. The van der Waals surface area contributed by atoms with E-state index in [2.05, 4.69) is 98.4 Å². The number of hydrogen-bond acceptors (Lipinski definition) is 17. The van der Waals surface area contributed by atoms with Crippen molar-refractivity contribution in [1.29, 1.82) is 0 Å². The molecule has 0 aliphatic carbocycles. The zero-order valence-corrected chi connectivity index (χ0v) is 37.1. The number of nitro benzene ring substituents is 2. The molecule has 22 nitrogen and oxygen atoms in total. The number of anilines is 2. The molecule has 1 amide bonds. The van der Waals surface area contributed by atoms with Crippen molar-refractivity contribution in [2.45, 2.75) is 19.8 Å². The Hall–Kier alpha value is -9.65. The van der Waals surface area contributed by atoms with E-state index in [4.69, 9.17) is 36.5 Å². The Morgan fingerprint density at radius 2 is 1.10 bits per heavy atom. The molecule has 2 aromatic rings. The standard InChI is InChI=1S/C48H40N6O16/c1-4-6-8-10-12-14-16-37(47(58)59)32-45(56)69-30-28-67-25-23-52(22-24-66-26-27-68-29-31-70-46(57)33-38(48(60)61)17-15-13-11-9-7-5-2)39-18-20-41(43(34-39)49-36(3)55)50-51-42-21-19-40(53(62)63)35-44(42)54(64)65/h1-2,18-21,34-35,37-38H,22-33H2,3H3,(H,49,55)(H,58,59)(H,60,61)/b51-50+. The number of non-ortho nitro benzene ring substituents is 1. The summed E-state index contributed by atoms with van der Waals surface area (Å²) in [7, 11) is 0. The van der Waals surface area contributed by atoms with Crippen molar-refractivity contribution in [2.24, 2.45) is 22.1 Å². The number of nitrogens with one attached hydrogen (secondary N) is 1. The Kier molecular flexibility index (Phi) is 26.6. The quantitative estimate of drug-likeness (QED) is 0.0289.